The SMILES string of the molecule is C=COC(=O)CCCCCCCCCCC.CC(=O)OC(C)C. The van der Waals surface area contributed by atoms with E-state index in [1.807, 2.05) is 13.8 Å². The zero-order valence-corrected chi connectivity index (χ0v) is 15.6. The van der Waals surface area contributed by atoms with Gasteiger partial charge in [-0.05, 0) is 20.3 Å². The van der Waals surface area contributed by atoms with E-state index in [4.69, 9.17) is 0 Å². The van der Waals surface area contributed by atoms with E-state index in [2.05, 4.69) is 23.0 Å². The topological polar surface area (TPSA) is 52.6 Å². The summed E-state index contributed by atoms with van der Waals surface area (Å²) in [6.07, 6.45) is 13.2. The molecule has 0 aliphatic heterocycles. The Kier molecular flexibility index (Phi) is 19.5. The minimum atomic E-state index is -0.213. The highest BCUT2D eigenvalue weighted by molar-refractivity contribution is 5.69. The van der Waals surface area contributed by atoms with Crippen molar-refractivity contribution < 1.29 is 19.1 Å². The van der Waals surface area contributed by atoms with E-state index < -0.39 is 0 Å². The smallest absolute Gasteiger partial charge is 0.310 e. The van der Waals surface area contributed by atoms with Crippen molar-refractivity contribution in [3.05, 3.63) is 12.8 Å². The molecule has 0 amide bonds. The van der Waals surface area contributed by atoms with Crippen LogP contribution in [0, 0.1) is 0 Å². The third-order valence-corrected chi connectivity index (χ3v) is 3.10. The molecule has 0 saturated carbocycles. The molecule has 0 aliphatic carbocycles. The lowest BCUT2D eigenvalue weighted by atomic mass is 10.1. The Balaban J connectivity index is 0. The summed E-state index contributed by atoms with van der Waals surface area (Å²) in [5.41, 5.74) is 0. The number of hydrogen-bond donors (Lipinski definition) is 0. The molecule has 0 saturated heterocycles. The van der Waals surface area contributed by atoms with Crippen molar-refractivity contribution >= 4 is 11.9 Å². The molecule has 0 aromatic heterocycles. The fourth-order valence-electron chi connectivity index (χ4n) is 2.06. The number of ether oxygens (including phenoxy) is 2. The van der Waals surface area contributed by atoms with E-state index in [1.54, 1.807) is 0 Å². The van der Waals surface area contributed by atoms with Crippen molar-refractivity contribution in [2.24, 2.45) is 0 Å². The predicted octanol–water partition coefficient (Wildman–Crippen LogP) is 5.55. The molecule has 23 heavy (non-hydrogen) atoms. The first-order valence-corrected chi connectivity index (χ1v) is 8.91. The summed E-state index contributed by atoms with van der Waals surface area (Å²) in [7, 11) is 0. The summed E-state index contributed by atoms with van der Waals surface area (Å²) in [5, 5.41) is 0. The van der Waals surface area contributed by atoms with Crippen LogP contribution in [-0.4, -0.2) is 18.0 Å². The molecular formula is C19H36O4. The predicted molar refractivity (Wildman–Crippen MR) is 95.0 cm³/mol. The van der Waals surface area contributed by atoms with Crippen molar-refractivity contribution in [1.82, 2.24) is 0 Å². The van der Waals surface area contributed by atoms with Crippen molar-refractivity contribution in [2.45, 2.75) is 98.0 Å². The zero-order valence-electron chi connectivity index (χ0n) is 15.6. The van der Waals surface area contributed by atoms with E-state index in [-0.39, 0.29) is 18.0 Å². The Morgan fingerprint density at radius 2 is 1.43 bits per heavy atom. The monoisotopic (exact) mass is 328 g/mol. The molecule has 0 radical (unpaired) electrons. The van der Waals surface area contributed by atoms with Gasteiger partial charge < -0.3 is 9.47 Å². The zero-order chi connectivity index (χ0) is 17.9. The fraction of sp³-hybridized carbons (Fsp3) is 0.789. The minimum Gasteiger partial charge on any atom is -0.463 e. The maximum Gasteiger partial charge on any atom is 0.310 e. The maximum absolute atomic E-state index is 11.0. The number of carbonyl (C=O) groups is 2. The summed E-state index contributed by atoms with van der Waals surface area (Å²) in [4.78, 5) is 21.0. The average molecular weight is 328 g/mol. The molecule has 0 aromatic carbocycles. The van der Waals surface area contributed by atoms with Gasteiger partial charge in [0.1, 0.15) is 0 Å². The summed E-state index contributed by atoms with van der Waals surface area (Å²) in [6.45, 7) is 10.6. The van der Waals surface area contributed by atoms with Gasteiger partial charge in [0, 0.05) is 13.3 Å². The number of esters is 2. The van der Waals surface area contributed by atoms with Gasteiger partial charge >= 0.3 is 11.9 Å². The third kappa shape index (κ3) is 25.9. The first kappa shape index (κ1) is 23.9. The summed E-state index contributed by atoms with van der Waals surface area (Å²) in [6, 6.07) is 0. The summed E-state index contributed by atoms with van der Waals surface area (Å²) in [5.74, 6) is -0.368. The molecule has 0 rings (SSSR count). The minimum absolute atomic E-state index is 0.0255. The van der Waals surface area contributed by atoms with Crippen LogP contribution >= 0.6 is 0 Å². The van der Waals surface area contributed by atoms with Crippen molar-refractivity contribution in [1.29, 1.82) is 0 Å². The van der Waals surface area contributed by atoms with Crippen LogP contribution in [0.25, 0.3) is 0 Å². The number of unbranched alkanes of at least 4 members (excludes halogenated alkanes) is 8. The van der Waals surface area contributed by atoms with Gasteiger partial charge in [-0.15, -0.1) is 0 Å². The molecule has 0 spiro atoms. The summed E-state index contributed by atoms with van der Waals surface area (Å²) < 4.78 is 9.25. The fourth-order valence-corrected chi connectivity index (χ4v) is 2.06. The van der Waals surface area contributed by atoms with E-state index in [1.165, 1.54) is 58.1 Å². The molecule has 0 N–H and O–H groups in total. The second-order valence-corrected chi connectivity index (χ2v) is 5.89. The third-order valence-electron chi connectivity index (χ3n) is 3.10. The van der Waals surface area contributed by atoms with Crippen LogP contribution in [-0.2, 0) is 19.1 Å². The Hall–Kier alpha value is -1.32. The lowest BCUT2D eigenvalue weighted by Gasteiger charge is -2.01. The van der Waals surface area contributed by atoms with Crippen LogP contribution in [0.1, 0.15) is 91.9 Å². The molecule has 136 valence electrons. The number of hydrogen-bond acceptors (Lipinski definition) is 4. The van der Waals surface area contributed by atoms with Gasteiger partial charge in [0.15, 0.2) is 0 Å². The van der Waals surface area contributed by atoms with Crippen LogP contribution < -0.4 is 0 Å². The van der Waals surface area contributed by atoms with Crippen LogP contribution in [0.3, 0.4) is 0 Å². The Bertz CT molecular complexity index is 298. The molecule has 0 heterocycles. The standard InChI is InChI=1S/C14H26O2.C5H10O2/c1-3-5-6-7-8-9-10-11-12-13-14(15)16-4-2;1-4(2)7-5(3)6/h4H,2-3,5-13H2,1H3;4H,1-3H3. The van der Waals surface area contributed by atoms with Gasteiger partial charge in [0.2, 0.25) is 0 Å². The molecular weight excluding hydrogens is 292 g/mol. The van der Waals surface area contributed by atoms with Crippen molar-refractivity contribution in [2.75, 3.05) is 0 Å². The highest BCUT2D eigenvalue weighted by Crippen LogP contribution is 2.10. The number of carbonyl (C=O) groups excluding carboxylic acids is 2. The van der Waals surface area contributed by atoms with Gasteiger partial charge in [-0.3, -0.25) is 9.59 Å². The van der Waals surface area contributed by atoms with Crippen LogP contribution in [0.4, 0.5) is 0 Å². The van der Waals surface area contributed by atoms with Crippen molar-refractivity contribution in [3.8, 4) is 0 Å². The van der Waals surface area contributed by atoms with E-state index in [0.29, 0.717) is 6.42 Å². The molecule has 0 aliphatic rings. The highest BCUT2D eigenvalue weighted by Gasteiger charge is 1.99. The van der Waals surface area contributed by atoms with Crippen LogP contribution in [0.5, 0.6) is 0 Å². The van der Waals surface area contributed by atoms with Crippen LogP contribution in [0.2, 0.25) is 0 Å². The van der Waals surface area contributed by atoms with Gasteiger partial charge in [-0.25, -0.2) is 0 Å². The molecule has 4 nitrogen and oxygen atoms in total. The lowest BCUT2D eigenvalue weighted by Crippen LogP contribution is -2.06. The summed E-state index contributed by atoms with van der Waals surface area (Å²) >= 11 is 0. The van der Waals surface area contributed by atoms with Gasteiger partial charge in [-0.2, -0.15) is 0 Å². The molecule has 4 heteroatoms. The van der Waals surface area contributed by atoms with E-state index >= 15 is 0 Å². The highest BCUT2D eigenvalue weighted by atomic mass is 16.5. The van der Waals surface area contributed by atoms with E-state index in [0.717, 1.165) is 12.8 Å². The van der Waals surface area contributed by atoms with Gasteiger partial charge in [0.25, 0.3) is 0 Å². The quantitative estimate of drug-likeness (QED) is 0.268. The first-order valence-electron chi connectivity index (χ1n) is 8.91. The second kappa shape index (κ2) is 18.7. The van der Waals surface area contributed by atoms with Gasteiger partial charge in [-0.1, -0.05) is 64.9 Å². The molecule has 0 atom stereocenters. The van der Waals surface area contributed by atoms with Gasteiger partial charge in [0.05, 0.1) is 12.4 Å². The average Bonchev–Trinajstić information content (AvgIpc) is 2.45. The Morgan fingerprint density at radius 3 is 1.78 bits per heavy atom. The lowest BCUT2D eigenvalue weighted by molar-refractivity contribution is -0.144. The molecule has 0 aromatic rings. The Labute approximate surface area is 142 Å². The van der Waals surface area contributed by atoms with Crippen molar-refractivity contribution in [3.63, 3.8) is 0 Å². The second-order valence-electron chi connectivity index (χ2n) is 5.89. The largest absolute Gasteiger partial charge is 0.463 e. The van der Waals surface area contributed by atoms with E-state index in [9.17, 15) is 9.59 Å². The normalized spacial score (nSPS) is 9.78. The molecule has 0 bridgehead atoms. The van der Waals surface area contributed by atoms with Crippen LogP contribution in [0.15, 0.2) is 12.8 Å². The first-order chi connectivity index (χ1) is 10.9. The molecule has 0 unspecified atom stereocenters. The molecule has 0 fully saturated rings. The number of rotatable bonds is 12. The maximum atomic E-state index is 11.0. The Morgan fingerprint density at radius 1 is 0.957 bits per heavy atom.